The molecule has 2 heterocycles. The summed E-state index contributed by atoms with van der Waals surface area (Å²) >= 11 is 0. The van der Waals surface area contributed by atoms with Gasteiger partial charge in [0.15, 0.2) is 17.5 Å². The van der Waals surface area contributed by atoms with Crippen molar-refractivity contribution in [3.63, 3.8) is 0 Å². The number of para-hydroxylation sites is 1. The Morgan fingerprint density at radius 2 is 0.814 bits per heavy atom. The van der Waals surface area contributed by atoms with Gasteiger partial charge in [0.1, 0.15) is 11.2 Å². The van der Waals surface area contributed by atoms with Gasteiger partial charge in [-0.2, -0.15) is 0 Å². The summed E-state index contributed by atoms with van der Waals surface area (Å²) in [5.74, 6) is 1.81. The van der Waals surface area contributed by atoms with E-state index in [2.05, 4.69) is 72.8 Å². The Hall–Kier alpha value is -5.87. The molecular formula is C39H25N3O. The lowest BCUT2D eigenvalue weighted by molar-refractivity contribution is 0.669. The average Bonchev–Trinajstić information content (AvgIpc) is 3.49. The smallest absolute Gasteiger partial charge is 0.167 e. The number of furan rings is 1. The maximum atomic E-state index is 6.58. The molecule has 6 aromatic carbocycles. The highest BCUT2D eigenvalue weighted by molar-refractivity contribution is 6.16. The van der Waals surface area contributed by atoms with Gasteiger partial charge in [-0.25, -0.2) is 15.0 Å². The Labute approximate surface area is 249 Å². The zero-order valence-electron chi connectivity index (χ0n) is 23.2. The van der Waals surface area contributed by atoms with Gasteiger partial charge in [0, 0.05) is 21.9 Å². The van der Waals surface area contributed by atoms with E-state index in [1.807, 2.05) is 78.9 Å². The normalized spacial score (nSPS) is 11.3. The maximum Gasteiger partial charge on any atom is 0.167 e. The molecule has 0 spiro atoms. The minimum absolute atomic E-state index is 0.572. The molecule has 8 rings (SSSR count). The monoisotopic (exact) mass is 551 g/mol. The van der Waals surface area contributed by atoms with Crippen LogP contribution in [0, 0.1) is 0 Å². The number of benzene rings is 6. The van der Waals surface area contributed by atoms with Crippen molar-refractivity contribution in [2.24, 2.45) is 0 Å². The van der Waals surface area contributed by atoms with Crippen molar-refractivity contribution in [2.45, 2.75) is 0 Å². The van der Waals surface area contributed by atoms with Gasteiger partial charge in [-0.1, -0.05) is 140 Å². The maximum absolute atomic E-state index is 6.58. The molecule has 2 aromatic heterocycles. The van der Waals surface area contributed by atoms with Gasteiger partial charge in [-0.15, -0.1) is 0 Å². The van der Waals surface area contributed by atoms with Gasteiger partial charge >= 0.3 is 0 Å². The summed E-state index contributed by atoms with van der Waals surface area (Å²) in [4.78, 5) is 14.8. The zero-order chi connectivity index (χ0) is 28.6. The predicted molar refractivity (Wildman–Crippen MR) is 174 cm³/mol. The highest BCUT2D eigenvalue weighted by Gasteiger charge is 2.20. The molecule has 0 aliphatic heterocycles. The second-order valence-corrected chi connectivity index (χ2v) is 10.4. The Morgan fingerprint density at radius 3 is 1.44 bits per heavy atom. The summed E-state index contributed by atoms with van der Waals surface area (Å²) in [5.41, 5.74) is 8.87. The highest BCUT2D eigenvalue weighted by atomic mass is 16.3. The summed E-state index contributed by atoms with van der Waals surface area (Å²) in [6.45, 7) is 0. The topological polar surface area (TPSA) is 51.8 Å². The summed E-state index contributed by atoms with van der Waals surface area (Å²) in [6, 6.07) is 51.6. The van der Waals surface area contributed by atoms with E-state index in [9.17, 15) is 0 Å². The van der Waals surface area contributed by atoms with Crippen molar-refractivity contribution >= 4 is 21.9 Å². The number of aromatic nitrogens is 3. The third-order valence-electron chi connectivity index (χ3n) is 7.77. The van der Waals surface area contributed by atoms with Crippen molar-refractivity contribution in [1.29, 1.82) is 0 Å². The molecule has 0 aliphatic carbocycles. The predicted octanol–water partition coefficient (Wildman–Crippen LogP) is 10.1. The first-order chi connectivity index (χ1) is 21.3. The Bertz CT molecular complexity index is 2150. The first-order valence-electron chi connectivity index (χ1n) is 14.3. The van der Waals surface area contributed by atoms with Crippen LogP contribution in [-0.2, 0) is 0 Å². The van der Waals surface area contributed by atoms with Gasteiger partial charge < -0.3 is 4.42 Å². The fraction of sp³-hybridized carbons (Fsp3) is 0. The van der Waals surface area contributed by atoms with Crippen LogP contribution in [-0.4, -0.2) is 15.0 Å². The van der Waals surface area contributed by atoms with Crippen LogP contribution in [0.1, 0.15) is 0 Å². The molecule has 0 unspecified atom stereocenters. The molecule has 0 bridgehead atoms. The van der Waals surface area contributed by atoms with E-state index >= 15 is 0 Å². The third kappa shape index (κ3) is 4.55. The van der Waals surface area contributed by atoms with E-state index in [1.165, 1.54) is 11.1 Å². The fourth-order valence-corrected chi connectivity index (χ4v) is 5.65. The Balaban J connectivity index is 1.34. The average molecular weight is 552 g/mol. The lowest BCUT2D eigenvalue weighted by Crippen LogP contribution is -2.00. The van der Waals surface area contributed by atoms with Crippen LogP contribution >= 0.6 is 0 Å². The lowest BCUT2D eigenvalue weighted by Gasteiger charge is -2.11. The van der Waals surface area contributed by atoms with E-state index in [4.69, 9.17) is 19.4 Å². The standard InChI is InChI=1S/C39H25N3O/c1-4-12-26(13-5-1)27-20-22-28(23-21-27)31-24-25-33(36-35(31)32-18-10-11-19-34(32)43-36)39-41-37(29-14-6-2-7-15-29)40-38(42-39)30-16-8-3-9-17-30/h1-25H. The molecule has 0 amide bonds. The summed E-state index contributed by atoms with van der Waals surface area (Å²) in [6.07, 6.45) is 0. The molecule has 202 valence electrons. The van der Waals surface area contributed by atoms with Crippen molar-refractivity contribution in [3.8, 4) is 56.4 Å². The molecule has 0 N–H and O–H groups in total. The second-order valence-electron chi connectivity index (χ2n) is 10.4. The van der Waals surface area contributed by atoms with Crippen molar-refractivity contribution < 1.29 is 4.42 Å². The van der Waals surface area contributed by atoms with Crippen molar-refractivity contribution in [2.75, 3.05) is 0 Å². The first-order valence-corrected chi connectivity index (χ1v) is 14.3. The van der Waals surface area contributed by atoms with Crippen LogP contribution < -0.4 is 0 Å². The van der Waals surface area contributed by atoms with E-state index in [0.29, 0.717) is 17.5 Å². The second kappa shape index (κ2) is 10.5. The molecule has 8 aromatic rings. The quantitative estimate of drug-likeness (QED) is 0.214. The van der Waals surface area contributed by atoms with E-state index in [-0.39, 0.29) is 0 Å². The minimum atomic E-state index is 0.572. The van der Waals surface area contributed by atoms with Crippen LogP contribution in [0.25, 0.3) is 78.4 Å². The minimum Gasteiger partial charge on any atom is -0.455 e. The van der Waals surface area contributed by atoms with Crippen LogP contribution in [0.4, 0.5) is 0 Å². The molecule has 0 fully saturated rings. The lowest BCUT2D eigenvalue weighted by atomic mass is 9.95. The van der Waals surface area contributed by atoms with Gasteiger partial charge in [0.05, 0.1) is 5.56 Å². The van der Waals surface area contributed by atoms with Crippen molar-refractivity contribution in [3.05, 3.63) is 152 Å². The van der Waals surface area contributed by atoms with Crippen LogP contribution in [0.3, 0.4) is 0 Å². The number of fused-ring (bicyclic) bond motifs is 3. The summed E-state index contributed by atoms with van der Waals surface area (Å²) in [5, 5.41) is 2.10. The Kier molecular flexibility index (Phi) is 6.08. The largest absolute Gasteiger partial charge is 0.455 e. The SMILES string of the molecule is c1ccc(-c2ccc(-c3ccc(-c4nc(-c5ccccc5)nc(-c5ccccc5)n4)c4oc5ccccc5c34)cc2)cc1. The van der Waals surface area contributed by atoms with Crippen LogP contribution in [0.15, 0.2) is 156 Å². The molecule has 0 radical (unpaired) electrons. The van der Waals surface area contributed by atoms with Crippen molar-refractivity contribution in [1.82, 2.24) is 15.0 Å². The summed E-state index contributed by atoms with van der Waals surface area (Å²) in [7, 11) is 0. The van der Waals surface area contributed by atoms with Gasteiger partial charge in [0.2, 0.25) is 0 Å². The number of hydrogen-bond donors (Lipinski definition) is 0. The van der Waals surface area contributed by atoms with Gasteiger partial charge in [-0.3, -0.25) is 0 Å². The molecule has 0 saturated heterocycles. The summed E-state index contributed by atoms with van der Waals surface area (Å²) < 4.78 is 6.58. The number of rotatable bonds is 5. The fourth-order valence-electron chi connectivity index (χ4n) is 5.65. The number of nitrogens with zero attached hydrogens (tertiary/aromatic N) is 3. The van der Waals surface area contributed by atoms with E-state index in [1.54, 1.807) is 0 Å². The van der Waals surface area contributed by atoms with E-state index in [0.717, 1.165) is 49.8 Å². The van der Waals surface area contributed by atoms with Crippen LogP contribution in [0.5, 0.6) is 0 Å². The first kappa shape index (κ1) is 24.9. The zero-order valence-corrected chi connectivity index (χ0v) is 23.2. The molecule has 0 atom stereocenters. The molecule has 0 saturated carbocycles. The molecule has 4 heteroatoms. The van der Waals surface area contributed by atoms with Gasteiger partial charge in [0.25, 0.3) is 0 Å². The third-order valence-corrected chi connectivity index (χ3v) is 7.77. The highest BCUT2D eigenvalue weighted by Crippen LogP contribution is 2.41. The molecule has 43 heavy (non-hydrogen) atoms. The Morgan fingerprint density at radius 1 is 0.349 bits per heavy atom. The van der Waals surface area contributed by atoms with Gasteiger partial charge in [-0.05, 0) is 34.4 Å². The molecular weight excluding hydrogens is 526 g/mol. The van der Waals surface area contributed by atoms with Crippen LogP contribution in [0.2, 0.25) is 0 Å². The van der Waals surface area contributed by atoms with E-state index < -0.39 is 0 Å². The molecule has 0 aliphatic rings. The molecule has 4 nitrogen and oxygen atoms in total. The number of hydrogen-bond acceptors (Lipinski definition) is 4.